The average Bonchev–Trinajstić information content (AvgIpc) is 2.87. The van der Waals surface area contributed by atoms with E-state index in [-0.39, 0.29) is 11.7 Å². The number of likely N-dealkylation sites (tertiary alicyclic amines) is 1. The predicted molar refractivity (Wildman–Crippen MR) is 55.1 cm³/mol. The fraction of sp³-hybridized carbons (Fsp3) is 0.909. The molecule has 5 heteroatoms. The molecule has 1 saturated carbocycles. The van der Waals surface area contributed by atoms with Crippen LogP contribution >= 0.6 is 0 Å². The van der Waals surface area contributed by atoms with Gasteiger partial charge < -0.3 is 19.5 Å². The summed E-state index contributed by atoms with van der Waals surface area (Å²) in [5, 5.41) is 9.03. The Kier molecular flexibility index (Phi) is 1.87. The maximum absolute atomic E-state index is 11.0. The molecule has 2 saturated heterocycles. The quantitative estimate of drug-likeness (QED) is 0.733. The van der Waals surface area contributed by atoms with E-state index in [0.29, 0.717) is 19.0 Å². The van der Waals surface area contributed by atoms with Crippen LogP contribution in [0.25, 0.3) is 0 Å². The number of ether oxygens (including phenoxy) is 2. The highest BCUT2D eigenvalue weighted by Crippen LogP contribution is 2.53. The molecule has 2 aliphatic heterocycles. The number of carbonyl (C=O) groups is 1. The number of hydrogen-bond donors (Lipinski definition) is 1. The SMILES string of the molecule is CC1(C)OC2CN(C(=O)O)CC2(C2CC2)O1. The van der Waals surface area contributed by atoms with Gasteiger partial charge in [0.15, 0.2) is 5.79 Å². The second-order valence-corrected chi connectivity index (χ2v) is 5.50. The van der Waals surface area contributed by atoms with E-state index in [0.717, 1.165) is 12.8 Å². The normalized spacial score (nSPS) is 41.1. The smallest absolute Gasteiger partial charge is 0.407 e. The van der Waals surface area contributed by atoms with Crippen molar-refractivity contribution in [3.8, 4) is 0 Å². The number of rotatable bonds is 1. The van der Waals surface area contributed by atoms with Gasteiger partial charge in [-0.3, -0.25) is 0 Å². The molecule has 5 nitrogen and oxygen atoms in total. The van der Waals surface area contributed by atoms with Gasteiger partial charge in [0, 0.05) is 0 Å². The van der Waals surface area contributed by atoms with Crippen molar-refractivity contribution in [1.29, 1.82) is 0 Å². The Labute approximate surface area is 94.3 Å². The molecule has 16 heavy (non-hydrogen) atoms. The van der Waals surface area contributed by atoms with E-state index < -0.39 is 11.9 Å². The van der Waals surface area contributed by atoms with Gasteiger partial charge in [-0.05, 0) is 32.6 Å². The summed E-state index contributed by atoms with van der Waals surface area (Å²) in [7, 11) is 0. The monoisotopic (exact) mass is 227 g/mol. The lowest BCUT2D eigenvalue weighted by atomic mass is 9.94. The first-order valence-electron chi connectivity index (χ1n) is 5.79. The zero-order chi connectivity index (χ0) is 11.6. The summed E-state index contributed by atoms with van der Waals surface area (Å²) in [6.07, 6.45) is 1.29. The molecule has 2 atom stereocenters. The van der Waals surface area contributed by atoms with Crippen molar-refractivity contribution in [2.75, 3.05) is 13.1 Å². The van der Waals surface area contributed by atoms with Crippen LogP contribution in [0, 0.1) is 5.92 Å². The molecule has 1 amide bonds. The molecule has 3 fully saturated rings. The molecule has 0 aromatic heterocycles. The first kappa shape index (κ1) is 10.4. The molecule has 0 radical (unpaired) electrons. The van der Waals surface area contributed by atoms with E-state index in [9.17, 15) is 4.79 Å². The van der Waals surface area contributed by atoms with Crippen molar-refractivity contribution in [2.45, 2.75) is 44.2 Å². The Morgan fingerprint density at radius 1 is 1.44 bits per heavy atom. The van der Waals surface area contributed by atoms with Crippen molar-refractivity contribution >= 4 is 6.09 Å². The van der Waals surface area contributed by atoms with Crippen LogP contribution in [-0.4, -0.2) is 46.7 Å². The molecule has 1 N–H and O–H groups in total. The van der Waals surface area contributed by atoms with E-state index in [1.54, 1.807) is 0 Å². The molecular formula is C11H17NO4. The highest BCUT2D eigenvalue weighted by atomic mass is 16.8. The van der Waals surface area contributed by atoms with Crippen LogP contribution in [-0.2, 0) is 9.47 Å². The lowest BCUT2D eigenvalue weighted by Gasteiger charge is -2.28. The van der Waals surface area contributed by atoms with E-state index in [1.807, 2.05) is 13.8 Å². The van der Waals surface area contributed by atoms with Gasteiger partial charge >= 0.3 is 6.09 Å². The standard InChI is InChI=1S/C11H17NO4/c1-10(2)15-8-5-12(9(13)14)6-11(8,16-10)7-3-4-7/h7-8H,3-6H2,1-2H3,(H,13,14). The van der Waals surface area contributed by atoms with Gasteiger partial charge in [-0.1, -0.05) is 0 Å². The topological polar surface area (TPSA) is 59.0 Å². The minimum Gasteiger partial charge on any atom is -0.465 e. The Hall–Kier alpha value is -0.810. The van der Waals surface area contributed by atoms with Crippen molar-refractivity contribution in [1.82, 2.24) is 4.90 Å². The molecule has 0 aromatic rings. The van der Waals surface area contributed by atoms with Gasteiger partial charge in [0.1, 0.15) is 11.7 Å². The van der Waals surface area contributed by atoms with Crippen molar-refractivity contribution < 1.29 is 19.4 Å². The molecule has 3 aliphatic rings. The number of nitrogens with zero attached hydrogens (tertiary/aromatic N) is 1. The van der Waals surface area contributed by atoms with Gasteiger partial charge in [0.2, 0.25) is 0 Å². The van der Waals surface area contributed by atoms with Crippen LogP contribution in [0.3, 0.4) is 0 Å². The molecule has 2 unspecified atom stereocenters. The lowest BCUT2D eigenvalue weighted by Crippen LogP contribution is -2.43. The lowest BCUT2D eigenvalue weighted by molar-refractivity contribution is -0.174. The number of fused-ring (bicyclic) bond motifs is 1. The van der Waals surface area contributed by atoms with Gasteiger partial charge in [-0.2, -0.15) is 0 Å². The van der Waals surface area contributed by atoms with Gasteiger partial charge in [-0.25, -0.2) is 4.79 Å². The summed E-state index contributed by atoms with van der Waals surface area (Å²) in [5.74, 6) is -0.0960. The fourth-order valence-corrected chi connectivity index (χ4v) is 3.07. The third-order valence-corrected chi connectivity index (χ3v) is 3.77. The van der Waals surface area contributed by atoms with E-state index in [1.165, 1.54) is 4.90 Å². The third-order valence-electron chi connectivity index (χ3n) is 3.77. The van der Waals surface area contributed by atoms with Crippen LogP contribution in [0.4, 0.5) is 4.79 Å². The third kappa shape index (κ3) is 1.34. The molecule has 0 bridgehead atoms. The number of hydrogen-bond acceptors (Lipinski definition) is 3. The molecule has 90 valence electrons. The van der Waals surface area contributed by atoms with Crippen LogP contribution in [0.2, 0.25) is 0 Å². The zero-order valence-corrected chi connectivity index (χ0v) is 9.60. The first-order valence-corrected chi connectivity index (χ1v) is 5.79. The Morgan fingerprint density at radius 3 is 2.69 bits per heavy atom. The maximum atomic E-state index is 11.0. The average molecular weight is 227 g/mol. The molecule has 3 rings (SSSR count). The van der Waals surface area contributed by atoms with Crippen LogP contribution < -0.4 is 0 Å². The Morgan fingerprint density at radius 2 is 2.12 bits per heavy atom. The fourth-order valence-electron chi connectivity index (χ4n) is 3.07. The molecule has 0 aromatic carbocycles. The van der Waals surface area contributed by atoms with Gasteiger partial charge in [0.05, 0.1) is 13.1 Å². The Balaban J connectivity index is 1.87. The molecule has 2 heterocycles. The summed E-state index contributed by atoms with van der Waals surface area (Å²) in [6, 6.07) is 0. The maximum Gasteiger partial charge on any atom is 0.407 e. The predicted octanol–water partition coefficient (Wildman–Crippen LogP) is 1.28. The highest BCUT2D eigenvalue weighted by Gasteiger charge is 2.64. The van der Waals surface area contributed by atoms with Gasteiger partial charge in [-0.15, -0.1) is 0 Å². The summed E-state index contributed by atoms with van der Waals surface area (Å²) >= 11 is 0. The van der Waals surface area contributed by atoms with Crippen LogP contribution in [0.5, 0.6) is 0 Å². The number of carboxylic acid groups (broad SMARTS) is 1. The Bertz CT molecular complexity index is 339. The van der Waals surface area contributed by atoms with Gasteiger partial charge in [0.25, 0.3) is 0 Å². The molecule has 1 aliphatic carbocycles. The molecular weight excluding hydrogens is 210 g/mol. The number of amides is 1. The summed E-state index contributed by atoms with van der Waals surface area (Å²) in [4.78, 5) is 12.4. The minimum atomic E-state index is -0.876. The van der Waals surface area contributed by atoms with Crippen molar-refractivity contribution in [3.63, 3.8) is 0 Å². The second-order valence-electron chi connectivity index (χ2n) is 5.50. The highest BCUT2D eigenvalue weighted by molar-refractivity contribution is 5.66. The summed E-state index contributed by atoms with van der Waals surface area (Å²) in [5.41, 5.74) is -0.373. The van der Waals surface area contributed by atoms with Crippen molar-refractivity contribution in [3.05, 3.63) is 0 Å². The van der Waals surface area contributed by atoms with Crippen LogP contribution in [0.1, 0.15) is 26.7 Å². The zero-order valence-electron chi connectivity index (χ0n) is 9.60. The minimum absolute atomic E-state index is 0.0916. The van der Waals surface area contributed by atoms with E-state index in [2.05, 4.69) is 0 Å². The van der Waals surface area contributed by atoms with E-state index in [4.69, 9.17) is 14.6 Å². The summed E-state index contributed by atoms with van der Waals surface area (Å²) in [6.45, 7) is 4.71. The van der Waals surface area contributed by atoms with Crippen molar-refractivity contribution in [2.24, 2.45) is 5.92 Å². The van der Waals surface area contributed by atoms with Crippen LogP contribution in [0.15, 0.2) is 0 Å². The first-order chi connectivity index (χ1) is 7.43. The molecule has 0 spiro atoms. The van der Waals surface area contributed by atoms with E-state index >= 15 is 0 Å². The second kappa shape index (κ2) is 2.90. The largest absolute Gasteiger partial charge is 0.465 e. The summed E-state index contributed by atoms with van der Waals surface area (Å²) < 4.78 is 11.9.